The van der Waals surface area contributed by atoms with Gasteiger partial charge in [0.25, 0.3) is 11.1 Å². The summed E-state index contributed by atoms with van der Waals surface area (Å²) >= 11 is 1.07. The van der Waals surface area contributed by atoms with Gasteiger partial charge in [0.2, 0.25) is 11.8 Å². The van der Waals surface area contributed by atoms with Crippen LogP contribution >= 0.6 is 11.8 Å². The smallest absolute Gasteiger partial charge is 0.277 e. The van der Waals surface area contributed by atoms with E-state index in [4.69, 9.17) is 13.7 Å². The Balaban J connectivity index is 1.44. The maximum atomic E-state index is 12.1. The first-order valence-electron chi connectivity index (χ1n) is 8.14. The first-order valence-corrected chi connectivity index (χ1v) is 9.12. The van der Waals surface area contributed by atoms with Crippen LogP contribution in [0.25, 0.3) is 0 Å². The van der Waals surface area contributed by atoms with Gasteiger partial charge in [-0.1, -0.05) is 16.9 Å². The van der Waals surface area contributed by atoms with E-state index in [1.807, 2.05) is 0 Å². The second kappa shape index (κ2) is 9.04. The molecule has 2 amide bonds. The summed E-state index contributed by atoms with van der Waals surface area (Å²) < 4.78 is 15.3. The van der Waals surface area contributed by atoms with Crippen molar-refractivity contribution in [2.24, 2.45) is 0 Å². The van der Waals surface area contributed by atoms with Crippen LogP contribution in [0.1, 0.15) is 22.0 Å². The molecule has 0 aliphatic carbocycles. The van der Waals surface area contributed by atoms with Crippen LogP contribution in [-0.4, -0.2) is 40.0 Å². The van der Waals surface area contributed by atoms with E-state index >= 15 is 0 Å². The molecule has 10 nitrogen and oxygen atoms in total. The number of nitrogens with zero attached hydrogens (tertiary/aromatic N) is 3. The molecule has 0 spiro atoms. The summed E-state index contributed by atoms with van der Waals surface area (Å²) in [7, 11) is 1.55. The standard InChI is InChI=1S/C17H17N5O5S/c1-10-7-13(22-27-10)19-14(23)9-28-17-21-20-15(26-17)8-18-16(24)11-3-5-12(25-2)6-4-11/h3-7H,8-9H2,1-2H3,(H,18,24)(H,19,22,23). The van der Waals surface area contributed by atoms with Crippen molar-refractivity contribution in [1.82, 2.24) is 20.7 Å². The van der Waals surface area contributed by atoms with Crippen molar-refractivity contribution in [2.75, 3.05) is 18.2 Å². The number of carbonyl (C=O) groups excluding carboxylic acids is 2. The van der Waals surface area contributed by atoms with Gasteiger partial charge in [0.15, 0.2) is 5.82 Å². The summed E-state index contributed by atoms with van der Waals surface area (Å²) in [6, 6.07) is 8.30. The number of thioether (sulfide) groups is 1. The molecule has 11 heteroatoms. The minimum Gasteiger partial charge on any atom is -0.497 e. The van der Waals surface area contributed by atoms with Crippen LogP contribution in [0, 0.1) is 6.92 Å². The molecule has 0 bridgehead atoms. The van der Waals surface area contributed by atoms with E-state index in [2.05, 4.69) is 26.0 Å². The average molecular weight is 403 g/mol. The maximum Gasteiger partial charge on any atom is 0.277 e. The highest BCUT2D eigenvalue weighted by Gasteiger charge is 2.12. The molecule has 2 N–H and O–H groups in total. The monoisotopic (exact) mass is 403 g/mol. The molecule has 0 aliphatic rings. The fraction of sp³-hybridized carbons (Fsp3) is 0.235. The zero-order valence-electron chi connectivity index (χ0n) is 15.1. The third-order valence-corrected chi connectivity index (χ3v) is 4.24. The topological polar surface area (TPSA) is 132 Å². The number of amides is 2. The van der Waals surface area contributed by atoms with Gasteiger partial charge in [-0.3, -0.25) is 9.59 Å². The molecule has 0 radical (unpaired) electrons. The molecule has 0 atom stereocenters. The largest absolute Gasteiger partial charge is 0.497 e. The maximum absolute atomic E-state index is 12.1. The average Bonchev–Trinajstić information content (AvgIpc) is 3.33. The van der Waals surface area contributed by atoms with Crippen molar-refractivity contribution >= 4 is 29.4 Å². The van der Waals surface area contributed by atoms with Gasteiger partial charge in [0, 0.05) is 11.6 Å². The summed E-state index contributed by atoms with van der Waals surface area (Å²) in [5, 5.41) is 16.8. The lowest BCUT2D eigenvalue weighted by Crippen LogP contribution is -2.22. The Morgan fingerprint density at radius 2 is 2.00 bits per heavy atom. The summed E-state index contributed by atoms with van der Waals surface area (Å²) in [4.78, 5) is 24.0. The van der Waals surface area contributed by atoms with Crippen LogP contribution in [0.4, 0.5) is 5.82 Å². The number of methoxy groups -OCH3 is 1. The number of anilines is 1. The third-order valence-electron chi connectivity index (χ3n) is 3.42. The Morgan fingerprint density at radius 3 is 2.68 bits per heavy atom. The number of hydrogen-bond acceptors (Lipinski definition) is 9. The molecule has 146 valence electrons. The van der Waals surface area contributed by atoms with Crippen molar-refractivity contribution in [3.8, 4) is 5.75 Å². The highest BCUT2D eigenvalue weighted by molar-refractivity contribution is 7.99. The molecule has 2 aromatic heterocycles. The molecule has 1 aromatic carbocycles. The summed E-state index contributed by atoms with van der Waals surface area (Å²) in [6.07, 6.45) is 0. The molecular formula is C17H17N5O5S. The first-order chi connectivity index (χ1) is 13.5. The predicted octanol–water partition coefficient (Wildman–Crippen LogP) is 2.04. The van der Waals surface area contributed by atoms with Gasteiger partial charge >= 0.3 is 0 Å². The minimum atomic E-state index is -0.286. The highest BCUT2D eigenvalue weighted by Crippen LogP contribution is 2.17. The van der Waals surface area contributed by atoms with Crippen LogP contribution in [0.5, 0.6) is 5.75 Å². The van der Waals surface area contributed by atoms with E-state index in [-0.39, 0.29) is 35.2 Å². The lowest BCUT2D eigenvalue weighted by molar-refractivity contribution is -0.113. The summed E-state index contributed by atoms with van der Waals surface area (Å²) in [5.74, 6) is 1.33. The van der Waals surface area contributed by atoms with E-state index in [1.165, 1.54) is 0 Å². The number of hydrogen-bond donors (Lipinski definition) is 2. The van der Waals surface area contributed by atoms with E-state index in [0.29, 0.717) is 22.9 Å². The number of ether oxygens (including phenoxy) is 1. The number of nitrogens with one attached hydrogen (secondary N) is 2. The van der Waals surface area contributed by atoms with Gasteiger partial charge in [-0.15, -0.1) is 10.2 Å². The second-order valence-corrected chi connectivity index (χ2v) is 6.46. The first kappa shape index (κ1) is 19.4. The predicted molar refractivity (Wildman–Crippen MR) is 99.1 cm³/mol. The second-order valence-electron chi connectivity index (χ2n) is 5.53. The van der Waals surface area contributed by atoms with Crippen LogP contribution in [-0.2, 0) is 11.3 Å². The zero-order chi connectivity index (χ0) is 19.9. The molecular weight excluding hydrogens is 386 g/mol. The molecule has 0 unspecified atom stereocenters. The van der Waals surface area contributed by atoms with Crippen LogP contribution < -0.4 is 15.4 Å². The fourth-order valence-electron chi connectivity index (χ4n) is 2.10. The van der Waals surface area contributed by atoms with Gasteiger partial charge in [0.05, 0.1) is 19.4 Å². The van der Waals surface area contributed by atoms with Crippen molar-refractivity contribution in [3.05, 3.63) is 47.5 Å². The molecule has 0 fully saturated rings. The summed E-state index contributed by atoms with van der Waals surface area (Å²) in [5.41, 5.74) is 0.481. The highest BCUT2D eigenvalue weighted by atomic mass is 32.2. The Morgan fingerprint density at radius 1 is 1.21 bits per heavy atom. The number of benzene rings is 1. The zero-order valence-corrected chi connectivity index (χ0v) is 15.9. The normalized spacial score (nSPS) is 10.5. The Bertz CT molecular complexity index is 953. The van der Waals surface area contributed by atoms with Crippen molar-refractivity contribution < 1.29 is 23.3 Å². The van der Waals surface area contributed by atoms with Gasteiger partial charge in [0.1, 0.15) is 11.5 Å². The van der Waals surface area contributed by atoms with Crippen molar-refractivity contribution in [1.29, 1.82) is 0 Å². The number of aromatic nitrogens is 3. The molecule has 2 heterocycles. The lowest BCUT2D eigenvalue weighted by atomic mass is 10.2. The van der Waals surface area contributed by atoms with Crippen molar-refractivity contribution in [3.63, 3.8) is 0 Å². The van der Waals surface area contributed by atoms with Crippen molar-refractivity contribution in [2.45, 2.75) is 18.7 Å². The number of aryl methyl sites for hydroxylation is 1. The minimum absolute atomic E-state index is 0.0613. The SMILES string of the molecule is COc1ccc(C(=O)NCc2nnc(SCC(=O)Nc3cc(C)on3)o2)cc1. The van der Waals surface area contributed by atoms with E-state index in [0.717, 1.165) is 11.8 Å². The molecule has 0 saturated heterocycles. The molecule has 0 saturated carbocycles. The molecule has 0 aliphatic heterocycles. The number of carbonyl (C=O) groups is 2. The van der Waals surface area contributed by atoms with E-state index < -0.39 is 0 Å². The molecule has 3 aromatic rings. The van der Waals surface area contributed by atoms with Crippen LogP contribution in [0.15, 0.2) is 44.5 Å². The molecule has 3 rings (SSSR count). The quantitative estimate of drug-likeness (QED) is 0.542. The van der Waals surface area contributed by atoms with Gasteiger partial charge < -0.3 is 24.3 Å². The summed E-state index contributed by atoms with van der Waals surface area (Å²) in [6.45, 7) is 1.80. The Labute approximate surface area is 164 Å². The molecule has 28 heavy (non-hydrogen) atoms. The Hall–Kier alpha value is -3.34. The van der Waals surface area contributed by atoms with E-state index in [9.17, 15) is 9.59 Å². The fourth-order valence-corrected chi connectivity index (χ4v) is 2.68. The van der Waals surface area contributed by atoms with Crippen LogP contribution in [0.3, 0.4) is 0 Å². The third kappa shape index (κ3) is 5.33. The van der Waals surface area contributed by atoms with Crippen LogP contribution in [0.2, 0.25) is 0 Å². The van der Waals surface area contributed by atoms with Gasteiger partial charge in [-0.05, 0) is 31.2 Å². The van der Waals surface area contributed by atoms with Gasteiger partial charge in [-0.2, -0.15) is 0 Å². The van der Waals surface area contributed by atoms with E-state index in [1.54, 1.807) is 44.4 Å². The number of rotatable bonds is 8. The van der Waals surface area contributed by atoms with Gasteiger partial charge in [-0.25, -0.2) is 0 Å². The Kier molecular flexibility index (Phi) is 6.27. The lowest BCUT2D eigenvalue weighted by Gasteiger charge is -2.03.